The smallest absolute Gasteiger partial charge is 0.119 e. The van der Waals surface area contributed by atoms with Gasteiger partial charge >= 0.3 is 0 Å². The Morgan fingerprint density at radius 1 is 1.18 bits per heavy atom. The van der Waals surface area contributed by atoms with E-state index in [9.17, 15) is 0 Å². The maximum Gasteiger partial charge on any atom is 0.119 e. The van der Waals surface area contributed by atoms with Crippen LogP contribution in [0, 0.1) is 5.41 Å². The van der Waals surface area contributed by atoms with Gasteiger partial charge in [0.25, 0.3) is 0 Å². The minimum atomic E-state index is 0.376. The Morgan fingerprint density at radius 3 is 2.35 bits per heavy atom. The van der Waals surface area contributed by atoms with E-state index in [1.54, 1.807) is 0 Å². The fraction of sp³-hybridized carbons (Fsp3) is 0.571. The molecular formula is C14H21ClOS. The predicted molar refractivity (Wildman–Crippen MR) is 77.0 cm³/mol. The van der Waals surface area contributed by atoms with Crippen LogP contribution in [0.25, 0.3) is 0 Å². The van der Waals surface area contributed by atoms with E-state index in [1.807, 2.05) is 24.3 Å². The van der Waals surface area contributed by atoms with Crippen molar-refractivity contribution < 1.29 is 4.74 Å². The molecule has 0 saturated carbocycles. The number of hydrogen-bond acceptors (Lipinski definition) is 2. The highest BCUT2D eigenvalue weighted by Crippen LogP contribution is 2.27. The summed E-state index contributed by atoms with van der Waals surface area (Å²) in [6.45, 7) is 7.60. The second kappa shape index (κ2) is 7.17. The molecule has 0 saturated heterocycles. The molecule has 0 aliphatic heterocycles. The molecule has 0 radical (unpaired) electrons. The summed E-state index contributed by atoms with van der Waals surface area (Å²) in [5.41, 5.74) is 0.376. The van der Waals surface area contributed by atoms with Gasteiger partial charge in [-0.2, -0.15) is 0 Å². The Kier molecular flexibility index (Phi) is 6.21. The van der Waals surface area contributed by atoms with E-state index in [-0.39, 0.29) is 0 Å². The van der Waals surface area contributed by atoms with Gasteiger partial charge in [0.2, 0.25) is 0 Å². The molecule has 0 aliphatic rings. The molecule has 96 valence electrons. The molecule has 0 amide bonds. The topological polar surface area (TPSA) is 9.23 Å². The van der Waals surface area contributed by atoms with Gasteiger partial charge in [0.15, 0.2) is 0 Å². The van der Waals surface area contributed by atoms with Crippen LogP contribution < -0.4 is 4.74 Å². The first kappa shape index (κ1) is 14.7. The summed E-state index contributed by atoms with van der Waals surface area (Å²) in [7, 11) is 6.88. The van der Waals surface area contributed by atoms with Crippen LogP contribution in [0.5, 0.6) is 5.75 Å². The van der Waals surface area contributed by atoms with Gasteiger partial charge in [-0.15, -0.1) is 0 Å². The highest BCUT2D eigenvalue weighted by molar-refractivity contribution is 8.21. The second-order valence-electron chi connectivity index (χ2n) is 5.06. The lowest BCUT2D eigenvalue weighted by atomic mass is 9.85. The third-order valence-corrected chi connectivity index (χ3v) is 3.87. The van der Waals surface area contributed by atoms with Crippen LogP contribution in [-0.4, -0.2) is 6.61 Å². The van der Waals surface area contributed by atoms with Gasteiger partial charge in [-0.1, -0.05) is 27.2 Å². The Labute approximate surface area is 113 Å². The molecule has 0 N–H and O–H groups in total. The molecule has 1 rings (SSSR count). The zero-order chi connectivity index (χ0) is 12.7. The van der Waals surface area contributed by atoms with Crippen LogP contribution >= 0.6 is 21.7 Å². The van der Waals surface area contributed by atoms with Crippen molar-refractivity contribution >= 4 is 21.7 Å². The van der Waals surface area contributed by atoms with Crippen LogP contribution in [0.15, 0.2) is 29.2 Å². The summed E-state index contributed by atoms with van der Waals surface area (Å²) in [5, 5.41) is 0. The average Bonchev–Trinajstić information content (AvgIpc) is 2.29. The molecule has 0 spiro atoms. The summed E-state index contributed by atoms with van der Waals surface area (Å²) in [5.74, 6) is 0.923. The van der Waals surface area contributed by atoms with Crippen molar-refractivity contribution in [2.45, 2.75) is 44.9 Å². The Bertz CT molecular complexity index is 321. The molecule has 0 unspecified atom stereocenters. The maximum atomic E-state index is 5.74. The van der Waals surface area contributed by atoms with Gasteiger partial charge in [-0.05, 0) is 64.2 Å². The van der Waals surface area contributed by atoms with E-state index < -0.39 is 0 Å². The molecule has 0 atom stereocenters. The van der Waals surface area contributed by atoms with Gasteiger partial charge in [0.05, 0.1) is 6.61 Å². The van der Waals surface area contributed by atoms with E-state index in [2.05, 4.69) is 20.8 Å². The fourth-order valence-electron chi connectivity index (χ4n) is 1.83. The predicted octanol–water partition coefficient (Wildman–Crippen LogP) is 5.53. The maximum absolute atomic E-state index is 5.74. The molecule has 0 aliphatic carbocycles. The first-order chi connectivity index (χ1) is 8.07. The quantitative estimate of drug-likeness (QED) is 0.646. The van der Waals surface area contributed by atoms with Crippen LogP contribution in [0.4, 0.5) is 0 Å². The minimum absolute atomic E-state index is 0.376. The lowest BCUT2D eigenvalue weighted by Crippen LogP contribution is -2.15. The Hall–Kier alpha value is -0.340. The number of hydrogen-bond donors (Lipinski definition) is 0. The summed E-state index contributed by atoms with van der Waals surface area (Å²) < 4.78 is 5.74. The van der Waals surface area contributed by atoms with Gasteiger partial charge in [-0.3, -0.25) is 0 Å². The third-order valence-electron chi connectivity index (χ3n) is 2.89. The summed E-state index contributed by atoms with van der Waals surface area (Å²) in [4.78, 5) is 1.05. The molecule has 0 fully saturated rings. The zero-order valence-corrected chi connectivity index (χ0v) is 12.4. The molecule has 3 heteroatoms. The van der Waals surface area contributed by atoms with Crippen molar-refractivity contribution in [1.82, 2.24) is 0 Å². The summed E-state index contributed by atoms with van der Waals surface area (Å²) in [6, 6.07) is 7.89. The minimum Gasteiger partial charge on any atom is -0.494 e. The standard InChI is InChI=1S/C14H21ClOS/c1-4-9-14(2,3)10-11-16-12-5-7-13(17-15)8-6-12/h5-8H,4,9-11H2,1-3H3. The number of ether oxygens (including phenoxy) is 1. The van der Waals surface area contributed by atoms with Crippen molar-refractivity contribution in [3.8, 4) is 5.75 Å². The van der Waals surface area contributed by atoms with Gasteiger partial charge in [0, 0.05) is 4.90 Å². The van der Waals surface area contributed by atoms with Crippen molar-refractivity contribution in [1.29, 1.82) is 0 Å². The Balaban J connectivity index is 2.35. The number of rotatable bonds is 7. The zero-order valence-electron chi connectivity index (χ0n) is 10.8. The van der Waals surface area contributed by atoms with Gasteiger partial charge < -0.3 is 4.74 Å². The first-order valence-electron chi connectivity index (χ1n) is 6.09. The number of halogens is 1. The molecule has 1 aromatic carbocycles. The molecule has 1 nitrogen and oxygen atoms in total. The molecule has 0 heterocycles. The molecular weight excluding hydrogens is 252 g/mol. The Morgan fingerprint density at radius 2 is 1.82 bits per heavy atom. The fourth-order valence-corrected chi connectivity index (χ4v) is 2.38. The summed E-state index contributed by atoms with van der Waals surface area (Å²) >= 11 is 0. The molecule has 0 aromatic heterocycles. The first-order valence-corrected chi connectivity index (χ1v) is 7.73. The van der Waals surface area contributed by atoms with Crippen LogP contribution in [-0.2, 0) is 0 Å². The monoisotopic (exact) mass is 272 g/mol. The van der Waals surface area contributed by atoms with E-state index in [1.165, 1.54) is 23.8 Å². The molecule has 0 bridgehead atoms. The summed E-state index contributed by atoms with van der Waals surface area (Å²) in [6.07, 6.45) is 3.57. The lowest BCUT2D eigenvalue weighted by molar-refractivity contribution is 0.216. The van der Waals surface area contributed by atoms with Crippen LogP contribution in [0.2, 0.25) is 0 Å². The van der Waals surface area contributed by atoms with Gasteiger partial charge in [0.1, 0.15) is 5.75 Å². The normalized spacial score (nSPS) is 11.5. The van der Waals surface area contributed by atoms with Crippen molar-refractivity contribution in [3.05, 3.63) is 24.3 Å². The average molecular weight is 273 g/mol. The highest BCUT2D eigenvalue weighted by Gasteiger charge is 2.16. The second-order valence-corrected chi connectivity index (χ2v) is 6.15. The van der Waals surface area contributed by atoms with Crippen LogP contribution in [0.3, 0.4) is 0 Å². The van der Waals surface area contributed by atoms with Gasteiger partial charge in [-0.25, -0.2) is 0 Å². The van der Waals surface area contributed by atoms with E-state index >= 15 is 0 Å². The molecule has 1 aromatic rings. The van der Waals surface area contributed by atoms with E-state index in [4.69, 9.17) is 15.4 Å². The highest BCUT2D eigenvalue weighted by atomic mass is 35.7. The SMILES string of the molecule is CCCC(C)(C)CCOc1ccc(SCl)cc1. The van der Waals surface area contributed by atoms with Crippen molar-refractivity contribution in [2.75, 3.05) is 6.61 Å². The number of benzene rings is 1. The van der Waals surface area contributed by atoms with Crippen LogP contribution in [0.1, 0.15) is 40.0 Å². The third kappa shape index (κ3) is 5.69. The van der Waals surface area contributed by atoms with Crippen molar-refractivity contribution in [3.63, 3.8) is 0 Å². The van der Waals surface area contributed by atoms with E-state index in [0.29, 0.717) is 5.41 Å². The molecule has 17 heavy (non-hydrogen) atoms. The lowest BCUT2D eigenvalue weighted by Gasteiger charge is -2.23. The van der Waals surface area contributed by atoms with E-state index in [0.717, 1.165) is 23.7 Å². The largest absolute Gasteiger partial charge is 0.494 e. The van der Waals surface area contributed by atoms with Crippen molar-refractivity contribution in [2.24, 2.45) is 5.41 Å².